The molecule has 2 aromatic rings. The molecule has 0 aromatic heterocycles. The molecule has 7 heteroatoms. The standard InChI is InChI=1S/C26H30N2O5/c1-16(24(29)28-23-14-4-2-3-13-21(23)25(30)31)27-26(32)33-15-22-19-11-7-5-9-17(19)18-10-6-8-12-20(18)22/h5-12,16,21-23H,2-4,13-15H2,1H3,(H,27,32)(H,28,29)(H,30,31)/t16?,21-,23+/m1/s1. The number of hydrogen-bond donors (Lipinski definition) is 3. The first kappa shape index (κ1) is 22.8. The molecule has 3 N–H and O–H groups in total. The predicted octanol–water partition coefficient (Wildman–Crippen LogP) is 4.06. The Labute approximate surface area is 193 Å². The van der Waals surface area contributed by atoms with Crippen molar-refractivity contribution in [1.29, 1.82) is 0 Å². The van der Waals surface area contributed by atoms with E-state index < -0.39 is 36.0 Å². The van der Waals surface area contributed by atoms with Crippen molar-refractivity contribution < 1.29 is 24.2 Å². The van der Waals surface area contributed by atoms with E-state index in [0.717, 1.165) is 41.5 Å². The molecule has 1 unspecified atom stereocenters. The summed E-state index contributed by atoms with van der Waals surface area (Å²) in [6.45, 7) is 1.74. The first-order valence-electron chi connectivity index (χ1n) is 11.6. The molecular weight excluding hydrogens is 420 g/mol. The van der Waals surface area contributed by atoms with Crippen LogP contribution in [0.4, 0.5) is 4.79 Å². The van der Waals surface area contributed by atoms with Crippen molar-refractivity contribution in [3.8, 4) is 11.1 Å². The van der Waals surface area contributed by atoms with Crippen LogP contribution in [0.3, 0.4) is 0 Å². The zero-order chi connectivity index (χ0) is 23.4. The van der Waals surface area contributed by atoms with E-state index in [1.165, 1.54) is 0 Å². The highest BCUT2D eigenvalue weighted by Gasteiger charge is 2.32. The number of aliphatic carboxylic acids is 1. The van der Waals surface area contributed by atoms with Gasteiger partial charge in [0.25, 0.3) is 0 Å². The third-order valence-electron chi connectivity index (χ3n) is 6.73. The minimum atomic E-state index is -0.889. The van der Waals surface area contributed by atoms with Crippen LogP contribution in [0.15, 0.2) is 48.5 Å². The Morgan fingerprint density at radius 2 is 1.58 bits per heavy atom. The summed E-state index contributed by atoms with van der Waals surface area (Å²) in [4.78, 5) is 36.7. The van der Waals surface area contributed by atoms with Crippen molar-refractivity contribution >= 4 is 18.0 Å². The first-order chi connectivity index (χ1) is 16.0. The van der Waals surface area contributed by atoms with Crippen molar-refractivity contribution in [3.05, 3.63) is 59.7 Å². The second kappa shape index (κ2) is 10.1. The van der Waals surface area contributed by atoms with Gasteiger partial charge in [0.05, 0.1) is 5.92 Å². The van der Waals surface area contributed by atoms with Crippen molar-refractivity contribution in [3.63, 3.8) is 0 Å². The Morgan fingerprint density at radius 1 is 0.970 bits per heavy atom. The van der Waals surface area contributed by atoms with E-state index in [9.17, 15) is 19.5 Å². The molecule has 0 saturated heterocycles. The van der Waals surface area contributed by atoms with Gasteiger partial charge >= 0.3 is 12.1 Å². The van der Waals surface area contributed by atoms with Crippen LogP contribution in [-0.2, 0) is 14.3 Å². The molecule has 1 fully saturated rings. The van der Waals surface area contributed by atoms with Gasteiger partial charge in [0, 0.05) is 12.0 Å². The van der Waals surface area contributed by atoms with Gasteiger partial charge in [-0.2, -0.15) is 0 Å². The fourth-order valence-electron chi connectivity index (χ4n) is 4.97. The Bertz CT molecular complexity index is 991. The van der Waals surface area contributed by atoms with Gasteiger partial charge in [-0.25, -0.2) is 4.79 Å². The normalized spacial score (nSPS) is 20.6. The summed E-state index contributed by atoms with van der Waals surface area (Å²) in [5, 5.41) is 14.9. The smallest absolute Gasteiger partial charge is 0.407 e. The van der Waals surface area contributed by atoms with Gasteiger partial charge < -0.3 is 20.5 Å². The first-order valence-corrected chi connectivity index (χ1v) is 11.6. The summed E-state index contributed by atoms with van der Waals surface area (Å²) in [5.41, 5.74) is 4.52. The number of rotatable bonds is 6. The largest absolute Gasteiger partial charge is 0.481 e. The fraction of sp³-hybridized carbons (Fsp3) is 0.423. The lowest BCUT2D eigenvalue weighted by Gasteiger charge is -2.25. The van der Waals surface area contributed by atoms with Crippen LogP contribution in [0.25, 0.3) is 11.1 Å². The third-order valence-corrected chi connectivity index (χ3v) is 6.73. The zero-order valence-corrected chi connectivity index (χ0v) is 18.8. The van der Waals surface area contributed by atoms with E-state index in [-0.39, 0.29) is 12.5 Å². The lowest BCUT2D eigenvalue weighted by Crippen LogP contribution is -2.51. The van der Waals surface area contributed by atoms with E-state index in [0.29, 0.717) is 12.8 Å². The Balaban J connectivity index is 1.33. The average molecular weight is 451 g/mol. The van der Waals surface area contributed by atoms with Crippen molar-refractivity contribution in [2.75, 3.05) is 6.61 Å². The molecule has 4 rings (SSSR count). The van der Waals surface area contributed by atoms with Crippen molar-refractivity contribution in [1.82, 2.24) is 10.6 Å². The number of ether oxygens (including phenoxy) is 1. The second-order valence-electron chi connectivity index (χ2n) is 8.89. The van der Waals surface area contributed by atoms with Gasteiger partial charge in [-0.3, -0.25) is 9.59 Å². The molecule has 0 aliphatic heterocycles. The number of carboxylic acids is 1. The third kappa shape index (κ3) is 5.02. The van der Waals surface area contributed by atoms with Gasteiger partial charge in [-0.1, -0.05) is 67.8 Å². The molecule has 0 heterocycles. The summed E-state index contributed by atoms with van der Waals surface area (Å²) in [7, 11) is 0. The summed E-state index contributed by atoms with van der Waals surface area (Å²) in [6.07, 6.45) is 3.19. The van der Waals surface area contributed by atoms with E-state index in [1.807, 2.05) is 36.4 Å². The molecule has 0 spiro atoms. The lowest BCUT2D eigenvalue weighted by atomic mass is 9.94. The van der Waals surface area contributed by atoms with Crippen LogP contribution in [0.2, 0.25) is 0 Å². The molecule has 2 aliphatic rings. The number of hydrogen-bond acceptors (Lipinski definition) is 4. The number of carbonyl (C=O) groups excluding carboxylic acids is 2. The molecule has 7 nitrogen and oxygen atoms in total. The minimum Gasteiger partial charge on any atom is -0.481 e. The van der Waals surface area contributed by atoms with Crippen LogP contribution in [0.1, 0.15) is 56.1 Å². The molecule has 0 radical (unpaired) electrons. The molecular formula is C26H30N2O5. The molecule has 3 atom stereocenters. The van der Waals surface area contributed by atoms with Gasteiger partial charge in [0.2, 0.25) is 5.91 Å². The van der Waals surface area contributed by atoms with Crippen molar-refractivity contribution in [2.45, 2.75) is 57.0 Å². The SMILES string of the molecule is CC(NC(=O)OCC1c2ccccc2-c2ccccc21)C(=O)N[C@H]1CCCCC[C@H]1C(=O)O. The number of benzene rings is 2. The van der Waals surface area contributed by atoms with Gasteiger partial charge in [0.15, 0.2) is 0 Å². The Kier molecular flexibility index (Phi) is 6.96. The molecule has 2 amide bonds. The highest BCUT2D eigenvalue weighted by molar-refractivity contribution is 5.86. The summed E-state index contributed by atoms with van der Waals surface area (Å²) in [6, 6.07) is 14.9. The van der Waals surface area contributed by atoms with Gasteiger partial charge in [-0.15, -0.1) is 0 Å². The Morgan fingerprint density at radius 3 is 2.21 bits per heavy atom. The van der Waals surface area contributed by atoms with E-state index in [2.05, 4.69) is 22.8 Å². The molecule has 33 heavy (non-hydrogen) atoms. The lowest BCUT2D eigenvalue weighted by molar-refractivity contribution is -0.143. The summed E-state index contributed by atoms with van der Waals surface area (Å²) < 4.78 is 5.51. The zero-order valence-electron chi connectivity index (χ0n) is 18.8. The van der Waals surface area contributed by atoms with E-state index in [4.69, 9.17) is 4.74 Å². The quantitative estimate of drug-likeness (QED) is 0.576. The molecule has 2 aromatic carbocycles. The number of carbonyl (C=O) groups is 3. The maximum atomic E-state index is 12.6. The molecule has 1 saturated carbocycles. The number of amides is 2. The predicted molar refractivity (Wildman–Crippen MR) is 124 cm³/mol. The highest BCUT2D eigenvalue weighted by Crippen LogP contribution is 2.44. The number of alkyl carbamates (subject to hydrolysis) is 1. The van der Waals surface area contributed by atoms with Gasteiger partial charge in [0.1, 0.15) is 12.6 Å². The number of carboxylic acid groups (broad SMARTS) is 1. The van der Waals surface area contributed by atoms with E-state index in [1.54, 1.807) is 6.92 Å². The van der Waals surface area contributed by atoms with Crippen LogP contribution < -0.4 is 10.6 Å². The van der Waals surface area contributed by atoms with E-state index >= 15 is 0 Å². The number of nitrogens with one attached hydrogen (secondary N) is 2. The maximum Gasteiger partial charge on any atom is 0.407 e. The second-order valence-corrected chi connectivity index (χ2v) is 8.89. The van der Waals surface area contributed by atoms with Gasteiger partial charge in [-0.05, 0) is 42.0 Å². The Hall–Kier alpha value is -3.35. The fourth-order valence-corrected chi connectivity index (χ4v) is 4.97. The molecule has 174 valence electrons. The topological polar surface area (TPSA) is 105 Å². The molecule has 0 bridgehead atoms. The maximum absolute atomic E-state index is 12.6. The monoisotopic (exact) mass is 450 g/mol. The number of fused-ring (bicyclic) bond motifs is 3. The highest BCUT2D eigenvalue weighted by atomic mass is 16.5. The minimum absolute atomic E-state index is 0.0606. The van der Waals surface area contributed by atoms with Crippen LogP contribution in [0.5, 0.6) is 0 Å². The summed E-state index contributed by atoms with van der Waals surface area (Å²) in [5.74, 6) is -1.95. The van der Waals surface area contributed by atoms with Crippen LogP contribution in [-0.4, -0.2) is 41.8 Å². The van der Waals surface area contributed by atoms with Crippen LogP contribution >= 0.6 is 0 Å². The summed E-state index contributed by atoms with van der Waals surface area (Å²) >= 11 is 0. The molecule has 2 aliphatic carbocycles. The average Bonchev–Trinajstić information content (AvgIpc) is 2.94. The van der Waals surface area contributed by atoms with Crippen LogP contribution in [0, 0.1) is 5.92 Å². The van der Waals surface area contributed by atoms with Crippen molar-refractivity contribution in [2.24, 2.45) is 5.92 Å².